The van der Waals surface area contributed by atoms with Crippen molar-refractivity contribution < 1.29 is 14.3 Å². The molecule has 242 valence electrons. The molecule has 6 aromatic rings. The summed E-state index contributed by atoms with van der Waals surface area (Å²) in [7, 11) is 1.59. The molecular formula is C35H34N10O3. The Labute approximate surface area is 275 Å². The van der Waals surface area contributed by atoms with Crippen LogP contribution in [0.25, 0.3) is 44.3 Å². The summed E-state index contributed by atoms with van der Waals surface area (Å²) in [5.74, 6) is 2.71. The number of aromatic nitrogens is 6. The number of amides is 2. The molecule has 2 fully saturated rings. The largest absolute Gasteiger partial charge is 0.480 e. The van der Waals surface area contributed by atoms with Crippen molar-refractivity contribution in [3.8, 4) is 28.1 Å². The van der Waals surface area contributed by atoms with E-state index in [0.717, 1.165) is 64.4 Å². The summed E-state index contributed by atoms with van der Waals surface area (Å²) in [4.78, 5) is 46.6. The lowest BCUT2D eigenvalue weighted by Gasteiger charge is -2.12. The monoisotopic (exact) mass is 642 g/mol. The Bertz CT molecular complexity index is 2230. The molecule has 0 unspecified atom stereocenters. The van der Waals surface area contributed by atoms with Crippen molar-refractivity contribution in [2.24, 2.45) is 11.8 Å². The van der Waals surface area contributed by atoms with Gasteiger partial charge in [0.15, 0.2) is 0 Å². The number of nitrogen functional groups attached to an aromatic ring is 1. The van der Waals surface area contributed by atoms with E-state index < -0.39 is 0 Å². The normalized spacial score (nSPS) is 14.3. The van der Waals surface area contributed by atoms with Gasteiger partial charge in [0, 0.05) is 62.9 Å². The summed E-state index contributed by atoms with van der Waals surface area (Å²) in [6.45, 7) is 2.27. The number of pyridine rings is 4. The molecule has 2 aliphatic carbocycles. The number of ether oxygens (including phenoxy) is 1. The second-order valence-electron chi connectivity index (χ2n) is 12.4. The smallest absolute Gasteiger partial charge is 0.228 e. The molecule has 48 heavy (non-hydrogen) atoms. The average molecular weight is 643 g/mol. The first-order chi connectivity index (χ1) is 23.3. The molecule has 0 bridgehead atoms. The molecule has 0 saturated heterocycles. The number of nitrogens with zero attached hydrogens (tertiary/aromatic N) is 5. The molecule has 0 spiro atoms. The van der Waals surface area contributed by atoms with E-state index in [0.29, 0.717) is 47.1 Å². The second-order valence-corrected chi connectivity index (χ2v) is 12.4. The number of aryl methyl sites for hydroxylation is 1. The number of carbonyl (C=O) groups excluding carboxylic acids is 2. The number of rotatable bonds is 10. The molecule has 0 aromatic carbocycles. The first kappa shape index (κ1) is 29.4. The van der Waals surface area contributed by atoms with E-state index in [1.165, 1.54) is 0 Å². The van der Waals surface area contributed by atoms with Gasteiger partial charge in [-0.05, 0) is 81.1 Å². The van der Waals surface area contributed by atoms with Crippen molar-refractivity contribution in [2.75, 3.05) is 28.8 Å². The summed E-state index contributed by atoms with van der Waals surface area (Å²) in [6, 6.07) is 15.1. The number of anilines is 4. The van der Waals surface area contributed by atoms with E-state index >= 15 is 0 Å². The van der Waals surface area contributed by atoms with Gasteiger partial charge in [-0.2, -0.15) is 4.98 Å². The number of carbonyl (C=O) groups is 2. The maximum Gasteiger partial charge on any atom is 0.228 e. The number of nitrogens with one attached hydrogen (secondary N) is 4. The van der Waals surface area contributed by atoms with Gasteiger partial charge in [-0.15, -0.1) is 0 Å². The zero-order valence-electron chi connectivity index (χ0n) is 26.5. The van der Waals surface area contributed by atoms with Crippen LogP contribution in [-0.4, -0.2) is 48.4 Å². The fourth-order valence-electron chi connectivity index (χ4n) is 5.94. The average Bonchev–Trinajstić information content (AvgIpc) is 4.02. The Balaban J connectivity index is 1.07. The van der Waals surface area contributed by atoms with Crippen LogP contribution >= 0.6 is 0 Å². The lowest BCUT2D eigenvalue weighted by Crippen LogP contribution is -2.15. The third-order valence-corrected chi connectivity index (χ3v) is 8.83. The van der Waals surface area contributed by atoms with Gasteiger partial charge in [-0.3, -0.25) is 9.59 Å². The highest BCUT2D eigenvalue weighted by Crippen LogP contribution is 2.37. The van der Waals surface area contributed by atoms with Crippen LogP contribution in [-0.2, 0) is 16.3 Å². The van der Waals surface area contributed by atoms with Crippen molar-refractivity contribution in [2.45, 2.75) is 39.3 Å². The van der Waals surface area contributed by atoms with Gasteiger partial charge in [0.25, 0.3) is 0 Å². The highest BCUT2D eigenvalue weighted by Gasteiger charge is 2.31. The number of H-pyrrole nitrogens is 1. The molecule has 6 heterocycles. The summed E-state index contributed by atoms with van der Waals surface area (Å²) in [6.07, 6.45) is 7.57. The highest BCUT2D eigenvalue weighted by molar-refractivity contribution is 5.99. The summed E-state index contributed by atoms with van der Waals surface area (Å²) in [5.41, 5.74) is 11.7. The van der Waals surface area contributed by atoms with Crippen LogP contribution < -0.4 is 26.4 Å². The van der Waals surface area contributed by atoms with Crippen molar-refractivity contribution in [3.63, 3.8) is 0 Å². The molecule has 6 aromatic heterocycles. The first-order valence-corrected chi connectivity index (χ1v) is 16.0. The maximum atomic E-state index is 12.5. The molecule has 2 saturated carbocycles. The van der Waals surface area contributed by atoms with E-state index in [1.54, 1.807) is 13.2 Å². The molecule has 2 amide bonds. The lowest BCUT2D eigenvalue weighted by molar-refractivity contribution is -0.118. The third kappa shape index (κ3) is 5.63. The van der Waals surface area contributed by atoms with Crippen molar-refractivity contribution >= 4 is 57.2 Å². The van der Waals surface area contributed by atoms with E-state index in [9.17, 15) is 9.59 Å². The molecule has 0 atom stereocenters. The Morgan fingerprint density at radius 1 is 0.812 bits per heavy atom. The Hall–Kier alpha value is -5.98. The predicted molar refractivity (Wildman–Crippen MR) is 184 cm³/mol. The Morgan fingerprint density at radius 2 is 1.48 bits per heavy atom. The minimum atomic E-state index is 0.0000322. The van der Waals surface area contributed by atoms with Gasteiger partial charge >= 0.3 is 0 Å². The van der Waals surface area contributed by atoms with Gasteiger partial charge in [-0.25, -0.2) is 15.0 Å². The number of hydrogen-bond donors (Lipinski definition) is 5. The number of methoxy groups -OCH3 is 1. The van der Waals surface area contributed by atoms with Crippen molar-refractivity contribution in [1.82, 2.24) is 29.5 Å². The quantitative estimate of drug-likeness (QED) is 0.125. The highest BCUT2D eigenvalue weighted by atomic mass is 16.5. The van der Waals surface area contributed by atoms with Gasteiger partial charge in [0.05, 0.1) is 13.8 Å². The van der Waals surface area contributed by atoms with Crippen molar-refractivity contribution in [1.29, 1.82) is 0 Å². The predicted octanol–water partition coefficient (Wildman–Crippen LogP) is 5.70. The van der Waals surface area contributed by atoms with Crippen LogP contribution in [0.3, 0.4) is 0 Å². The number of hydrogen-bond acceptors (Lipinski definition) is 9. The van der Waals surface area contributed by atoms with Crippen LogP contribution in [0.2, 0.25) is 0 Å². The fraction of sp³-hybridized carbons (Fsp3) is 0.257. The molecule has 6 N–H and O–H groups in total. The molecular weight excluding hydrogens is 608 g/mol. The Kier molecular flexibility index (Phi) is 7.16. The lowest BCUT2D eigenvalue weighted by atomic mass is 10.0. The van der Waals surface area contributed by atoms with Crippen LogP contribution in [0.15, 0.2) is 60.9 Å². The molecule has 13 nitrogen and oxygen atoms in total. The van der Waals surface area contributed by atoms with Crippen LogP contribution in [0.5, 0.6) is 5.88 Å². The third-order valence-electron chi connectivity index (χ3n) is 8.83. The number of aromatic amines is 1. The maximum absolute atomic E-state index is 12.5. The minimum Gasteiger partial charge on any atom is -0.480 e. The number of fused-ring (bicyclic) bond motifs is 2. The topological polar surface area (TPSA) is 178 Å². The van der Waals surface area contributed by atoms with E-state index in [4.69, 9.17) is 20.4 Å². The molecule has 13 heteroatoms. The summed E-state index contributed by atoms with van der Waals surface area (Å²) in [5, 5.41) is 11.1. The van der Waals surface area contributed by atoms with Gasteiger partial charge in [0.1, 0.15) is 34.6 Å². The van der Waals surface area contributed by atoms with Crippen molar-refractivity contribution in [3.05, 3.63) is 66.6 Å². The second kappa shape index (κ2) is 11.7. The molecule has 0 radical (unpaired) electrons. The summed E-state index contributed by atoms with van der Waals surface area (Å²) >= 11 is 0. The first-order valence-electron chi connectivity index (χ1n) is 16.0. The summed E-state index contributed by atoms with van der Waals surface area (Å²) < 4.78 is 7.72. The molecule has 2 aliphatic rings. The van der Waals surface area contributed by atoms with Crippen LogP contribution in [0.1, 0.15) is 31.4 Å². The van der Waals surface area contributed by atoms with Crippen LogP contribution in [0.4, 0.5) is 23.3 Å². The van der Waals surface area contributed by atoms with Gasteiger partial charge in [0.2, 0.25) is 17.7 Å². The molecule has 0 aliphatic heterocycles. The SMILES string of the molecule is COc1nc(NCn2cc(-c3ccc(N)nc3C)c3ccc(NC(=O)C4CC4)nc32)ccc1-c1c[nH]c2nc(NC(=O)C3CC3)ccc12. The van der Waals surface area contributed by atoms with E-state index in [1.807, 2.05) is 66.3 Å². The minimum absolute atomic E-state index is 0.0000322. The van der Waals surface area contributed by atoms with Gasteiger partial charge < -0.3 is 36.0 Å². The zero-order chi connectivity index (χ0) is 32.9. The van der Waals surface area contributed by atoms with Gasteiger partial charge in [-0.1, -0.05) is 0 Å². The Morgan fingerprint density at radius 3 is 2.17 bits per heavy atom. The van der Waals surface area contributed by atoms with E-state index in [-0.39, 0.29) is 23.7 Å². The standard InChI is InChI=1S/C35H34N10O3/c1-18-21(7-11-27(36)39-18)26-16-45(32-23(26)9-14-30(41-32)43-34(47)20-5-6-20)17-38-28-12-10-24(35(44-28)48-2)25-15-37-31-22(25)8-13-29(40-31)42-33(46)19-3-4-19/h7-16,19-20H,3-6,17H2,1-2H3,(H2,36,39)(H,38,44)(H,41,43,47)(H2,37,40,42,46). The van der Waals surface area contributed by atoms with Crippen LogP contribution in [0, 0.1) is 18.8 Å². The molecule has 8 rings (SSSR count). The fourth-order valence-corrected chi connectivity index (χ4v) is 5.94. The number of nitrogens with two attached hydrogens (primary N) is 1. The van der Waals surface area contributed by atoms with E-state index in [2.05, 4.69) is 30.9 Å². The zero-order valence-corrected chi connectivity index (χ0v) is 26.5.